The zero-order valence-corrected chi connectivity index (χ0v) is 15.2. The highest BCUT2D eigenvalue weighted by Crippen LogP contribution is 2.24. The normalized spacial score (nSPS) is 25.1. The van der Waals surface area contributed by atoms with E-state index in [2.05, 4.69) is 30.0 Å². The lowest BCUT2D eigenvalue weighted by molar-refractivity contribution is -0.136. The number of morpholine rings is 1. The second-order valence-electron chi connectivity index (χ2n) is 7.29. The molecular formula is C20H30N2O3. The number of hydrogen-bond acceptors (Lipinski definition) is 4. The number of carbonyl (C=O) groups excluding carboxylic acids is 1. The van der Waals surface area contributed by atoms with Gasteiger partial charge >= 0.3 is 0 Å². The third-order valence-electron chi connectivity index (χ3n) is 5.56. The summed E-state index contributed by atoms with van der Waals surface area (Å²) in [4.78, 5) is 16.6. The van der Waals surface area contributed by atoms with Crippen LogP contribution in [0.3, 0.4) is 0 Å². The van der Waals surface area contributed by atoms with Gasteiger partial charge < -0.3 is 14.7 Å². The van der Waals surface area contributed by atoms with Crippen LogP contribution in [0.5, 0.6) is 0 Å². The Balaban J connectivity index is 1.46. The maximum atomic E-state index is 12.5. The molecule has 2 fully saturated rings. The van der Waals surface area contributed by atoms with E-state index in [0.29, 0.717) is 13.0 Å². The number of benzene rings is 1. The number of nitrogens with zero attached hydrogens (tertiary/aromatic N) is 2. The third kappa shape index (κ3) is 5.03. The smallest absolute Gasteiger partial charge is 0.223 e. The predicted octanol–water partition coefficient (Wildman–Crippen LogP) is 1.47. The summed E-state index contributed by atoms with van der Waals surface area (Å²) in [6, 6.07) is 8.36. The fourth-order valence-electron chi connectivity index (χ4n) is 3.80. The molecule has 0 saturated carbocycles. The summed E-state index contributed by atoms with van der Waals surface area (Å²) in [6.07, 6.45) is 1.87. The van der Waals surface area contributed by atoms with Crippen molar-refractivity contribution in [2.75, 3.05) is 45.9 Å². The monoisotopic (exact) mass is 346 g/mol. The van der Waals surface area contributed by atoms with Crippen molar-refractivity contribution in [2.45, 2.75) is 32.3 Å². The van der Waals surface area contributed by atoms with E-state index in [9.17, 15) is 9.90 Å². The maximum absolute atomic E-state index is 12.5. The lowest BCUT2D eigenvalue weighted by Crippen LogP contribution is -2.48. The molecule has 3 rings (SSSR count). The number of aliphatic hydroxyl groups is 1. The zero-order chi connectivity index (χ0) is 17.6. The van der Waals surface area contributed by atoms with Crippen LogP contribution in [0.15, 0.2) is 24.3 Å². The molecule has 2 heterocycles. The van der Waals surface area contributed by atoms with Crippen molar-refractivity contribution in [3.8, 4) is 0 Å². The maximum Gasteiger partial charge on any atom is 0.223 e. The molecule has 2 atom stereocenters. The number of β-amino-alcohol motifs (C(OH)–C–C–N with tert-alkyl or cyclic N) is 1. The zero-order valence-electron chi connectivity index (χ0n) is 15.2. The summed E-state index contributed by atoms with van der Waals surface area (Å²) in [5.41, 5.74) is 2.58. The van der Waals surface area contributed by atoms with E-state index in [0.717, 1.165) is 52.2 Å². The van der Waals surface area contributed by atoms with Crippen molar-refractivity contribution in [1.82, 2.24) is 9.80 Å². The van der Waals surface area contributed by atoms with Crippen LogP contribution in [0.1, 0.15) is 24.0 Å². The molecule has 5 nitrogen and oxygen atoms in total. The average Bonchev–Trinajstić information content (AvgIpc) is 2.64. The van der Waals surface area contributed by atoms with E-state index < -0.39 is 6.10 Å². The van der Waals surface area contributed by atoms with Crippen LogP contribution in [0.2, 0.25) is 0 Å². The van der Waals surface area contributed by atoms with Crippen molar-refractivity contribution < 1.29 is 14.6 Å². The summed E-state index contributed by atoms with van der Waals surface area (Å²) < 4.78 is 5.34. The number of carbonyl (C=O) groups is 1. The van der Waals surface area contributed by atoms with Crippen LogP contribution in [0, 0.1) is 12.8 Å². The second-order valence-corrected chi connectivity index (χ2v) is 7.29. The van der Waals surface area contributed by atoms with Gasteiger partial charge in [0.15, 0.2) is 0 Å². The first-order chi connectivity index (χ1) is 12.1. The topological polar surface area (TPSA) is 53.0 Å². The van der Waals surface area contributed by atoms with Crippen LogP contribution < -0.4 is 0 Å². The molecule has 1 N–H and O–H groups in total. The van der Waals surface area contributed by atoms with Gasteiger partial charge in [0.25, 0.3) is 0 Å². The van der Waals surface area contributed by atoms with E-state index in [1.165, 1.54) is 11.1 Å². The predicted molar refractivity (Wildman–Crippen MR) is 97.5 cm³/mol. The fraction of sp³-hybridized carbons (Fsp3) is 0.650. The van der Waals surface area contributed by atoms with Gasteiger partial charge in [0.2, 0.25) is 5.91 Å². The van der Waals surface area contributed by atoms with E-state index in [1.54, 1.807) is 0 Å². The Morgan fingerprint density at radius 2 is 2.00 bits per heavy atom. The molecule has 1 amide bonds. The second kappa shape index (κ2) is 8.79. The largest absolute Gasteiger partial charge is 0.391 e. The molecule has 138 valence electrons. The van der Waals surface area contributed by atoms with Gasteiger partial charge in [-0.3, -0.25) is 9.69 Å². The molecule has 25 heavy (non-hydrogen) atoms. The lowest BCUT2D eigenvalue weighted by Gasteiger charge is -2.37. The first-order valence-electron chi connectivity index (χ1n) is 9.44. The van der Waals surface area contributed by atoms with Crippen molar-refractivity contribution in [3.63, 3.8) is 0 Å². The average molecular weight is 346 g/mol. The van der Waals surface area contributed by atoms with E-state index in [4.69, 9.17) is 4.74 Å². The van der Waals surface area contributed by atoms with Gasteiger partial charge in [-0.1, -0.05) is 24.3 Å². The minimum Gasteiger partial charge on any atom is -0.391 e. The fourth-order valence-corrected chi connectivity index (χ4v) is 3.80. The summed E-state index contributed by atoms with van der Waals surface area (Å²) in [6.45, 7) is 7.48. The third-order valence-corrected chi connectivity index (χ3v) is 5.56. The number of piperidine rings is 1. The number of aryl methyl sites for hydroxylation is 1. The standard InChI is InChI=1S/C20H30N2O3/c1-16-4-2-3-5-17(16)14-18-6-9-22(15-19(18)23)20(24)7-8-21-10-12-25-13-11-21/h2-5,18-19,23H,6-15H2,1H3/t18-,19+/m1/s1. The molecule has 0 bridgehead atoms. The van der Waals surface area contributed by atoms with Gasteiger partial charge in [0, 0.05) is 39.1 Å². The Bertz CT molecular complexity index is 572. The van der Waals surface area contributed by atoms with Crippen molar-refractivity contribution in [1.29, 1.82) is 0 Å². The van der Waals surface area contributed by atoms with Crippen LogP contribution in [0.25, 0.3) is 0 Å². The summed E-state index contributed by atoms with van der Waals surface area (Å²) in [5.74, 6) is 0.407. The summed E-state index contributed by atoms with van der Waals surface area (Å²) >= 11 is 0. The molecule has 5 heteroatoms. The van der Waals surface area contributed by atoms with Crippen LogP contribution in [-0.4, -0.2) is 72.9 Å². The van der Waals surface area contributed by atoms with E-state index >= 15 is 0 Å². The van der Waals surface area contributed by atoms with Crippen LogP contribution in [-0.2, 0) is 16.0 Å². The van der Waals surface area contributed by atoms with Gasteiger partial charge in [0.05, 0.1) is 19.3 Å². The minimum atomic E-state index is -0.430. The van der Waals surface area contributed by atoms with Gasteiger partial charge in [-0.2, -0.15) is 0 Å². The number of likely N-dealkylation sites (tertiary alicyclic amines) is 1. The SMILES string of the molecule is Cc1ccccc1C[C@H]1CCN(C(=O)CCN2CCOCC2)C[C@@H]1O. The Labute approximate surface area is 150 Å². The quantitative estimate of drug-likeness (QED) is 0.877. The van der Waals surface area contributed by atoms with Crippen molar-refractivity contribution in [2.24, 2.45) is 5.92 Å². The van der Waals surface area contributed by atoms with E-state index in [-0.39, 0.29) is 11.8 Å². The molecule has 2 aliphatic heterocycles. The van der Waals surface area contributed by atoms with Crippen molar-refractivity contribution >= 4 is 5.91 Å². The Hall–Kier alpha value is -1.43. The highest BCUT2D eigenvalue weighted by atomic mass is 16.5. The Kier molecular flexibility index (Phi) is 6.45. The van der Waals surface area contributed by atoms with Gasteiger partial charge in [0.1, 0.15) is 0 Å². The first kappa shape index (κ1) is 18.4. The van der Waals surface area contributed by atoms with Gasteiger partial charge in [-0.15, -0.1) is 0 Å². The van der Waals surface area contributed by atoms with Crippen LogP contribution >= 0.6 is 0 Å². The number of aliphatic hydroxyl groups excluding tert-OH is 1. The van der Waals surface area contributed by atoms with Gasteiger partial charge in [-0.05, 0) is 36.8 Å². The van der Waals surface area contributed by atoms with E-state index in [1.807, 2.05) is 11.0 Å². The molecule has 2 aliphatic rings. The molecule has 1 aromatic rings. The Morgan fingerprint density at radius 1 is 1.24 bits per heavy atom. The first-order valence-corrected chi connectivity index (χ1v) is 9.44. The minimum absolute atomic E-state index is 0.167. The molecule has 0 aromatic heterocycles. The molecule has 0 radical (unpaired) electrons. The Morgan fingerprint density at radius 3 is 2.72 bits per heavy atom. The number of ether oxygens (including phenoxy) is 1. The van der Waals surface area contributed by atoms with Crippen molar-refractivity contribution in [3.05, 3.63) is 35.4 Å². The molecule has 1 aromatic carbocycles. The highest BCUT2D eigenvalue weighted by Gasteiger charge is 2.30. The summed E-state index contributed by atoms with van der Waals surface area (Å²) in [5, 5.41) is 10.5. The highest BCUT2D eigenvalue weighted by molar-refractivity contribution is 5.76. The molecule has 0 spiro atoms. The number of hydrogen-bond donors (Lipinski definition) is 1. The molecule has 0 unspecified atom stereocenters. The molecular weight excluding hydrogens is 316 g/mol. The molecule has 2 saturated heterocycles. The molecule has 0 aliphatic carbocycles. The van der Waals surface area contributed by atoms with Gasteiger partial charge in [-0.25, -0.2) is 0 Å². The lowest BCUT2D eigenvalue weighted by atomic mass is 9.86. The number of amides is 1. The van der Waals surface area contributed by atoms with Crippen LogP contribution in [0.4, 0.5) is 0 Å². The number of rotatable bonds is 5. The summed E-state index contributed by atoms with van der Waals surface area (Å²) in [7, 11) is 0.